The molecule has 0 aliphatic heterocycles. The molecule has 106 valence electrons. The van der Waals surface area contributed by atoms with E-state index in [1.807, 2.05) is 6.92 Å². The summed E-state index contributed by atoms with van der Waals surface area (Å²) in [7, 11) is 0. The zero-order valence-corrected chi connectivity index (χ0v) is 12.2. The molecule has 1 aromatic rings. The Bertz CT molecular complexity index is 402. The topological polar surface area (TPSA) is 44.5 Å². The number of nitrogens with two attached hydrogens (primary N) is 1. The molecule has 0 aromatic heterocycles. The SMILES string of the molecule is Cc1cc(CC(C)N)cc(C)c1OCOCC1CC1. The van der Waals surface area contributed by atoms with Crippen LogP contribution in [0.25, 0.3) is 0 Å². The maximum Gasteiger partial charge on any atom is 0.189 e. The predicted octanol–water partition coefficient (Wildman–Crippen LogP) is 2.96. The molecule has 1 aliphatic carbocycles. The average molecular weight is 263 g/mol. The van der Waals surface area contributed by atoms with E-state index in [2.05, 4.69) is 26.0 Å². The normalized spacial score (nSPS) is 16.4. The van der Waals surface area contributed by atoms with E-state index in [1.165, 1.54) is 18.4 Å². The number of rotatable bonds is 7. The lowest BCUT2D eigenvalue weighted by Gasteiger charge is -2.15. The van der Waals surface area contributed by atoms with Gasteiger partial charge in [0.2, 0.25) is 0 Å². The Balaban J connectivity index is 1.91. The van der Waals surface area contributed by atoms with E-state index in [1.54, 1.807) is 0 Å². The highest BCUT2D eigenvalue weighted by Gasteiger charge is 2.21. The van der Waals surface area contributed by atoms with Gasteiger partial charge in [0.25, 0.3) is 0 Å². The third-order valence-corrected chi connectivity index (χ3v) is 3.41. The van der Waals surface area contributed by atoms with Crippen LogP contribution >= 0.6 is 0 Å². The molecule has 0 amide bonds. The van der Waals surface area contributed by atoms with Crippen LogP contribution in [-0.2, 0) is 11.2 Å². The lowest BCUT2D eigenvalue weighted by atomic mass is 10.0. The van der Waals surface area contributed by atoms with Crippen molar-refractivity contribution in [2.24, 2.45) is 11.7 Å². The summed E-state index contributed by atoms with van der Waals surface area (Å²) >= 11 is 0. The van der Waals surface area contributed by atoms with Gasteiger partial charge in [0.05, 0.1) is 6.61 Å². The molecule has 3 nitrogen and oxygen atoms in total. The van der Waals surface area contributed by atoms with Gasteiger partial charge in [-0.3, -0.25) is 0 Å². The van der Waals surface area contributed by atoms with Crippen molar-refractivity contribution in [1.29, 1.82) is 0 Å². The van der Waals surface area contributed by atoms with Crippen LogP contribution < -0.4 is 10.5 Å². The summed E-state index contributed by atoms with van der Waals surface area (Å²) in [6.07, 6.45) is 3.52. The van der Waals surface area contributed by atoms with Crippen LogP contribution in [0.2, 0.25) is 0 Å². The highest BCUT2D eigenvalue weighted by molar-refractivity contribution is 5.43. The summed E-state index contributed by atoms with van der Waals surface area (Å²) in [5.41, 5.74) is 9.43. The molecule has 3 heteroatoms. The number of hydrogen-bond donors (Lipinski definition) is 1. The summed E-state index contributed by atoms with van der Waals surface area (Å²) in [6.45, 7) is 7.37. The van der Waals surface area contributed by atoms with Crippen molar-refractivity contribution in [3.05, 3.63) is 28.8 Å². The van der Waals surface area contributed by atoms with E-state index in [0.29, 0.717) is 6.79 Å². The molecule has 1 aromatic carbocycles. The van der Waals surface area contributed by atoms with E-state index in [-0.39, 0.29) is 6.04 Å². The third-order valence-electron chi connectivity index (χ3n) is 3.41. The van der Waals surface area contributed by atoms with E-state index in [9.17, 15) is 0 Å². The molecule has 1 unspecified atom stereocenters. The maximum absolute atomic E-state index is 5.84. The van der Waals surface area contributed by atoms with Gasteiger partial charge in [-0.2, -0.15) is 0 Å². The Morgan fingerprint density at radius 1 is 1.26 bits per heavy atom. The quantitative estimate of drug-likeness (QED) is 0.607. The Kier molecular flexibility index (Phi) is 4.83. The lowest BCUT2D eigenvalue weighted by molar-refractivity contribution is 0.00922. The highest BCUT2D eigenvalue weighted by atomic mass is 16.7. The third kappa shape index (κ3) is 4.51. The number of ether oxygens (including phenoxy) is 2. The monoisotopic (exact) mass is 263 g/mol. The molecule has 19 heavy (non-hydrogen) atoms. The van der Waals surface area contributed by atoms with Crippen LogP contribution in [0.3, 0.4) is 0 Å². The van der Waals surface area contributed by atoms with E-state index in [0.717, 1.165) is 35.8 Å². The zero-order chi connectivity index (χ0) is 13.8. The first-order valence-electron chi connectivity index (χ1n) is 7.12. The molecule has 0 saturated heterocycles. The maximum atomic E-state index is 5.84. The molecular weight excluding hydrogens is 238 g/mol. The molecule has 0 heterocycles. The minimum atomic E-state index is 0.187. The zero-order valence-electron chi connectivity index (χ0n) is 12.2. The lowest BCUT2D eigenvalue weighted by Crippen LogP contribution is -2.18. The van der Waals surface area contributed by atoms with Crippen LogP contribution in [-0.4, -0.2) is 19.4 Å². The van der Waals surface area contributed by atoms with Crippen molar-refractivity contribution in [3.63, 3.8) is 0 Å². The second kappa shape index (κ2) is 6.40. The van der Waals surface area contributed by atoms with Crippen molar-refractivity contribution in [1.82, 2.24) is 0 Å². The van der Waals surface area contributed by atoms with E-state index in [4.69, 9.17) is 15.2 Å². The molecule has 1 fully saturated rings. The average Bonchev–Trinajstić information content (AvgIpc) is 3.10. The molecular formula is C16H25NO2. The van der Waals surface area contributed by atoms with Crippen LogP contribution in [0, 0.1) is 19.8 Å². The summed E-state index contributed by atoms with van der Waals surface area (Å²) in [4.78, 5) is 0. The fourth-order valence-electron chi connectivity index (χ4n) is 2.36. The van der Waals surface area contributed by atoms with Crippen LogP contribution in [0.15, 0.2) is 12.1 Å². The number of aryl methyl sites for hydroxylation is 2. The van der Waals surface area contributed by atoms with Crippen LogP contribution in [0.1, 0.15) is 36.5 Å². The smallest absolute Gasteiger partial charge is 0.189 e. The highest BCUT2D eigenvalue weighted by Crippen LogP contribution is 2.29. The Morgan fingerprint density at radius 3 is 2.42 bits per heavy atom. The van der Waals surface area contributed by atoms with Gasteiger partial charge in [0, 0.05) is 6.04 Å². The molecule has 0 spiro atoms. The Hall–Kier alpha value is -1.06. The van der Waals surface area contributed by atoms with Gasteiger partial charge in [-0.05, 0) is 62.6 Å². The summed E-state index contributed by atoms with van der Waals surface area (Å²) < 4.78 is 11.3. The molecule has 2 rings (SSSR count). The fraction of sp³-hybridized carbons (Fsp3) is 0.625. The minimum absolute atomic E-state index is 0.187. The molecule has 1 saturated carbocycles. The standard InChI is InChI=1S/C16H25NO2/c1-11-6-15(8-13(3)17)7-12(2)16(11)19-10-18-9-14-4-5-14/h6-7,13-14H,4-5,8-10,17H2,1-3H3. The van der Waals surface area contributed by atoms with Gasteiger partial charge in [-0.25, -0.2) is 0 Å². The summed E-state index contributed by atoms with van der Waals surface area (Å²) in [5, 5.41) is 0. The van der Waals surface area contributed by atoms with Crippen LogP contribution in [0.5, 0.6) is 5.75 Å². The second-order valence-corrected chi connectivity index (χ2v) is 5.82. The first kappa shape index (κ1) is 14.4. The van der Waals surface area contributed by atoms with Crippen molar-refractivity contribution in [2.75, 3.05) is 13.4 Å². The Labute approximate surface area is 116 Å². The van der Waals surface area contributed by atoms with Crippen molar-refractivity contribution < 1.29 is 9.47 Å². The fourth-order valence-corrected chi connectivity index (χ4v) is 2.36. The van der Waals surface area contributed by atoms with Gasteiger partial charge in [-0.15, -0.1) is 0 Å². The largest absolute Gasteiger partial charge is 0.467 e. The molecule has 0 radical (unpaired) electrons. The van der Waals surface area contributed by atoms with Gasteiger partial charge in [0.1, 0.15) is 5.75 Å². The first-order chi connectivity index (χ1) is 9.06. The van der Waals surface area contributed by atoms with E-state index >= 15 is 0 Å². The van der Waals surface area contributed by atoms with Crippen molar-refractivity contribution >= 4 is 0 Å². The molecule has 2 N–H and O–H groups in total. The predicted molar refractivity (Wildman–Crippen MR) is 77.4 cm³/mol. The summed E-state index contributed by atoms with van der Waals surface area (Å²) in [5.74, 6) is 1.73. The van der Waals surface area contributed by atoms with Crippen molar-refractivity contribution in [3.8, 4) is 5.75 Å². The molecule has 1 atom stereocenters. The number of hydrogen-bond acceptors (Lipinski definition) is 3. The van der Waals surface area contributed by atoms with Gasteiger partial charge in [-0.1, -0.05) is 12.1 Å². The van der Waals surface area contributed by atoms with Gasteiger partial charge in [0.15, 0.2) is 6.79 Å². The Morgan fingerprint density at radius 2 is 1.89 bits per heavy atom. The van der Waals surface area contributed by atoms with Crippen LogP contribution in [0.4, 0.5) is 0 Å². The minimum Gasteiger partial charge on any atom is -0.467 e. The van der Waals surface area contributed by atoms with Gasteiger partial charge < -0.3 is 15.2 Å². The molecule has 0 bridgehead atoms. The first-order valence-corrected chi connectivity index (χ1v) is 7.12. The van der Waals surface area contributed by atoms with E-state index < -0.39 is 0 Å². The second-order valence-electron chi connectivity index (χ2n) is 5.82. The molecule has 1 aliphatic rings. The van der Waals surface area contributed by atoms with Gasteiger partial charge >= 0.3 is 0 Å². The van der Waals surface area contributed by atoms with Crippen molar-refractivity contribution in [2.45, 2.75) is 46.1 Å². The number of benzene rings is 1. The summed E-state index contributed by atoms with van der Waals surface area (Å²) in [6, 6.07) is 4.51.